The zero-order valence-corrected chi connectivity index (χ0v) is 14.4. The topological polar surface area (TPSA) is 54.3 Å². The second-order valence-corrected chi connectivity index (χ2v) is 6.35. The average molecular weight is 425 g/mol. The lowest BCUT2D eigenvalue weighted by Crippen LogP contribution is -2.35. The third-order valence-corrected chi connectivity index (χ3v) is 4.20. The second-order valence-electron chi connectivity index (χ2n) is 4.58. The van der Waals surface area contributed by atoms with E-state index >= 15 is 0 Å². The van der Waals surface area contributed by atoms with E-state index in [0.29, 0.717) is 11.3 Å². The number of benzene rings is 1. The maximum absolute atomic E-state index is 12.1. The van der Waals surface area contributed by atoms with Gasteiger partial charge in [0.05, 0.1) is 4.47 Å². The Bertz CT molecular complexity index is 639. The Morgan fingerprint density at radius 2 is 2.15 bits per heavy atom. The maximum atomic E-state index is 12.1. The number of nitrogens with one attached hydrogen (secondary N) is 2. The highest BCUT2D eigenvalue weighted by Crippen LogP contribution is 2.30. The summed E-state index contributed by atoms with van der Waals surface area (Å²) in [6.45, 7) is 1.77. The van der Waals surface area contributed by atoms with Crippen LogP contribution >= 0.6 is 44.3 Å². The smallest absolute Gasteiger partial charge is 0.287 e. The van der Waals surface area contributed by atoms with Gasteiger partial charge in [-0.25, -0.2) is 0 Å². The summed E-state index contributed by atoms with van der Waals surface area (Å²) in [5.41, 5.74) is 0.692. The highest BCUT2D eigenvalue weighted by atomic mass is 79.9. The predicted octanol–water partition coefficient (Wildman–Crippen LogP) is 3.47. The summed E-state index contributed by atoms with van der Waals surface area (Å²) in [6.07, 6.45) is 0.960. The van der Waals surface area contributed by atoms with Gasteiger partial charge in [0.15, 0.2) is 5.76 Å². The van der Waals surface area contributed by atoms with Crippen molar-refractivity contribution in [2.24, 2.45) is 0 Å². The van der Waals surface area contributed by atoms with Crippen molar-refractivity contribution in [3.05, 3.63) is 32.9 Å². The number of hydrogen-bond acceptors (Lipinski definition) is 3. The van der Waals surface area contributed by atoms with E-state index in [0.717, 1.165) is 33.8 Å². The lowest BCUT2D eigenvalue weighted by Gasteiger charge is -2.08. The summed E-state index contributed by atoms with van der Waals surface area (Å²) in [6, 6.07) is 5.78. The summed E-state index contributed by atoms with van der Waals surface area (Å²) < 4.78 is 7.40. The van der Waals surface area contributed by atoms with Crippen LogP contribution in [0.15, 0.2) is 31.6 Å². The molecule has 1 aromatic heterocycles. The molecule has 7 heteroatoms. The van der Waals surface area contributed by atoms with Gasteiger partial charge in [-0.05, 0) is 47.1 Å². The molecule has 0 bridgehead atoms. The van der Waals surface area contributed by atoms with Crippen LogP contribution in [0.25, 0.3) is 11.0 Å². The summed E-state index contributed by atoms with van der Waals surface area (Å²) in [5.74, 6) is 0.189. The lowest BCUT2D eigenvalue weighted by molar-refractivity contribution is 0.0914. The van der Waals surface area contributed by atoms with Crippen LogP contribution in [0.1, 0.15) is 17.0 Å². The first kappa shape index (κ1) is 15.8. The molecule has 4 nitrogen and oxygen atoms in total. The van der Waals surface area contributed by atoms with E-state index < -0.39 is 0 Å². The molecule has 1 aliphatic heterocycles. The van der Waals surface area contributed by atoms with E-state index in [-0.39, 0.29) is 24.4 Å². The molecule has 0 spiro atoms. The molecule has 3 rings (SSSR count). The van der Waals surface area contributed by atoms with Crippen LogP contribution < -0.4 is 10.6 Å². The molecule has 1 unspecified atom stereocenters. The van der Waals surface area contributed by atoms with Gasteiger partial charge in [0, 0.05) is 22.4 Å². The number of rotatable bonds is 2. The Hall–Kier alpha value is -0.560. The molecule has 2 aromatic rings. The van der Waals surface area contributed by atoms with Crippen molar-refractivity contribution in [3.63, 3.8) is 0 Å². The monoisotopic (exact) mass is 422 g/mol. The van der Waals surface area contributed by atoms with E-state index in [2.05, 4.69) is 42.5 Å². The highest BCUT2D eigenvalue weighted by molar-refractivity contribution is 9.11. The normalized spacial score (nSPS) is 18.0. The van der Waals surface area contributed by atoms with Gasteiger partial charge in [0.25, 0.3) is 5.91 Å². The minimum Gasteiger partial charge on any atom is -0.450 e. The van der Waals surface area contributed by atoms with Crippen LogP contribution in [0.2, 0.25) is 0 Å². The van der Waals surface area contributed by atoms with Gasteiger partial charge in [-0.3, -0.25) is 4.79 Å². The van der Waals surface area contributed by atoms with E-state index in [1.807, 2.05) is 12.1 Å². The number of fused-ring (bicyclic) bond motifs is 1. The summed E-state index contributed by atoms with van der Waals surface area (Å²) in [4.78, 5) is 12.1. The highest BCUT2D eigenvalue weighted by Gasteiger charge is 2.20. The molecule has 0 aliphatic carbocycles. The Balaban J connectivity index is 0.00000147. The van der Waals surface area contributed by atoms with Gasteiger partial charge >= 0.3 is 0 Å². The van der Waals surface area contributed by atoms with E-state index in [4.69, 9.17) is 4.42 Å². The fourth-order valence-electron chi connectivity index (χ4n) is 2.22. The van der Waals surface area contributed by atoms with E-state index in [9.17, 15) is 4.79 Å². The Labute approximate surface area is 139 Å². The number of carbonyl (C=O) groups is 1. The molecule has 2 heterocycles. The molecule has 20 heavy (non-hydrogen) atoms. The van der Waals surface area contributed by atoms with Crippen molar-refractivity contribution in [3.8, 4) is 0 Å². The molecule has 0 saturated carbocycles. The largest absolute Gasteiger partial charge is 0.450 e. The minimum atomic E-state index is -0.159. The van der Waals surface area contributed by atoms with Crippen LogP contribution in [0.4, 0.5) is 0 Å². The van der Waals surface area contributed by atoms with Crippen molar-refractivity contribution in [2.45, 2.75) is 12.5 Å². The summed E-state index contributed by atoms with van der Waals surface area (Å²) >= 11 is 6.85. The number of hydrogen-bond donors (Lipinski definition) is 2. The number of carbonyl (C=O) groups excluding carboxylic acids is 1. The first-order valence-corrected chi connectivity index (χ1v) is 7.62. The molecular weight excluding hydrogens is 411 g/mol. The molecule has 1 aromatic carbocycles. The van der Waals surface area contributed by atoms with Crippen molar-refractivity contribution < 1.29 is 9.21 Å². The first-order chi connectivity index (χ1) is 9.13. The zero-order valence-electron chi connectivity index (χ0n) is 10.4. The predicted molar refractivity (Wildman–Crippen MR) is 87.6 cm³/mol. The average Bonchev–Trinajstić information content (AvgIpc) is 2.97. The molecule has 1 aliphatic rings. The number of amides is 1. The molecule has 2 N–H and O–H groups in total. The van der Waals surface area contributed by atoms with Gasteiger partial charge in [-0.15, -0.1) is 12.4 Å². The first-order valence-electron chi connectivity index (χ1n) is 6.03. The third-order valence-electron chi connectivity index (χ3n) is 3.16. The van der Waals surface area contributed by atoms with Crippen molar-refractivity contribution in [1.29, 1.82) is 0 Å². The standard InChI is InChI=1S/C13H12Br2N2O2.ClH/c14-8-3-7-4-11(19-12(7)10(15)5-8)13(18)17-9-1-2-16-6-9;/h3-5,9,16H,1-2,6H2,(H,17,18);1H. The zero-order chi connectivity index (χ0) is 13.4. The summed E-state index contributed by atoms with van der Waals surface area (Å²) in [7, 11) is 0. The van der Waals surface area contributed by atoms with Crippen molar-refractivity contribution >= 4 is 61.1 Å². The molecule has 1 amide bonds. The van der Waals surface area contributed by atoms with Crippen molar-refractivity contribution in [1.82, 2.24) is 10.6 Å². The molecule has 0 radical (unpaired) electrons. The number of halogens is 3. The SMILES string of the molecule is Cl.O=C(NC1CCNC1)c1cc2cc(Br)cc(Br)c2o1. The molecule has 1 saturated heterocycles. The Morgan fingerprint density at radius 3 is 2.85 bits per heavy atom. The second kappa shape index (κ2) is 6.47. The van der Waals surface area contributed by atoms with E-state index in [1.54, 1.807) is 6.07 Å². The van der Waals surface area contributed by atoms with Crippen LogP contribution in [0, 0.1) is 0 Å². The van der Waals surface area contributed by atoms with Crippen LogP contribution in [-0.4, -0.2) is 25.0 Å². The van der Waals surface area contributed by atoms with Crippen LogP contribution in [0.3, 0.4) is 0 Å². The minimum absolute atomic E-state index is 0. The third kappa shape index (κ3) is 3.19. The van der Waals surface area contributed by atoms with Gasteiger partial charge in [-0.1, -0.05) is 15.9 Å². The molecular formula is C13H13Br2ClN2O2. The fourth-order valence-corrected chi connectivity index (χ4v) is 3.56. The molecule has 1 atom stereocenters. The fraction of sp³-hybridized carbons (Fsp3) is 0.308. The van der Waals surface area contributed by atoms with Crippen LogP contribution in [-0.2, 0) is 0 Å². The van der Waals surface area contributed by atoms with Gasteiger partial charge < -0.3 is 15.1 Å². The molecule has 1 fully saturated rings. The Kier molecular flexibility index (Phi) is 5.12. The maximum Gasteiger partial charge on any atom is 0.287 e. The van der Waals surface area contributed by atoms with Crippen molar-refractivity contribution in [2.75, 3.05) is 13.1 Å². The quantitative estimate of drug-likeness (QED) is 0.776. The lowest BCUT2D eigenvalue weighted by atomic mass is 10.2. The number of furan rings is 1. The summed E-state index contributed by atoms with van der Waals surface area (Å²) in [5, 5.41) is 7.08. The van der Waals surface area contributed by atoms with Gasteiger partial charge in [-0.2, -0.15) is 0 Å². The molecule has 108 valence electrons. The van der Waals surface area contributed by atoms with Gasteiger partial charge in [0.2, 0.25) is 0 Å². The van der Waals surface area contributed by atoms with Crippen LogP contribution in [0.5, 0.6) is 0 Å². The van der Waals surface area contributed by atoms with E-state index in [1.165, 1.54) is 0 Å². The van der Waals surface area contributed by atoms with Gasteiger partial charge in [0.1, 0.15) is 5.58 Å². The Morgan fingerprint density at radius 1 is 1.35 bits per heavy atom.